The van der Waals surface area contributed by atoms with Gasteiger partial charge in [-0.1, -0.05) is 17.7 Å². The number of halogens is 1. The van der Waals surface area contributed by atoms with Crippen molar-refractivity contribution in [3.05, 3.63) is 29.8 Å². The van der Waals surface area contributed by atoms with Crippen molar-refractivity contribution in [1.29, 1.82) is 0 Å². The number of rotatable bonds is 3. The summed E-state index contributed by atoms with van der Waals surface area (Å²) in [5.41, 5.74) is 0.598. The van der Waals surface area contributed by atoms with E-state index in [-0.39, 0.29) is 0 Å². The molecule has 1 unspecified atom stereocenters. The zero-order valence-electron chi connectivity index (χ0n) is 10.7. The van der Waals surface area contributed by atoms with Gasteiger partial charge in [-0.2, -0.15) is 4.31 Å². The van der Waals surface area contributed by atoms with E-state index in [0.29, 0.717) is 17.3 Å². The Morgan fingerprint density at radius 1 is 1.33 bits per heavy atom. The number of benzene rings is 1. The van der Waals surface area contributed by atoms with Crippen molar-refractivity contribution in [2.24, 2.45) is 0 Å². The van der Waals surface area contributed by atoms with Gasteiger partial charge in [0.15, 0.2) is 0 Å². The van der Waals surface area contributed by atoms with Gasteiger partial charge in [0.2, 0.25) is 10.0 Å². The molecule has 0 spiro atoms. The van der Waals surface area contributed by atoms with Crippen LogP contribution in [0.15, 0.2) is 29.2 Å². The molecule has 1 atom stereocenters. The summed E-state index contributed by atoms with van der Waals surface area (Å²) in [6.45, 7) is 4.41. The van der Waals surface area contributed by atoms with E-state index in [0.717, 1.165) is 18.4 Å². The summed E-state index contributed by atoms with van der Waals surface area (Å²) >= 11 is 5.96. The molecule has 1 aliphatic heterocycles. The van der Waals surface area contributed by atoms with Gasteiger partial charge >= 0.3 is 0 Å². The Morgan fingerprint density at radius 2 is 1.94 bits per heavy atom. The van der Waals surface area contributed by atoms with E-state index in [2.05, 4.69) is 0 Å². The van der Waals surface area contributed by atoms with Crippen LogP contribution in [0.3, 0.4) is 0 Å². The van der Waals surface area contributed by atoms with Crippen molar-refractivity contribution in [1.82, 2.24) is 4.31 Å². The minimum absolute atomic E-state index is 0.331. The molecule has 1 aromatic rings. The predicted molar refractivity (Wildman–Crippen MR) is 73.4 cm³/mol. The second-order valence-corrected chi connectivity index (χ2v) is 7.25. The highest BCUT2D eigenvalue weighted by molar-refractivity contribution is 7.89. The average Bonchev–Trinajstić information content (AvgIpc) is 2.73. The fourth-order valence-corrected chi connectivity index (χ4v) is 4.57. The maximum atomic E-state index is 12.6. The van der Waals surface area contributed by atoms with Crippen LogP contribution in [0.1, 0.15) is 25.3 Å². The molecule has 18 heavy (non-hydrogen) atoms. The number of hydrogen-bond acceptors (Lipinski definition) is 2. The first-order valence-electron chi connectivity index (χ1n) is 6.06. The van der Waals surface area contributed by atoms with Crippen LogP contribution in [0.25, 0.3) is 0 Å². The first-order chi connectivity index (χ1) is 8.40. The molecule has 0 aliphatic carbocycles. The molecule has 100 valence electrons. The minimum atomic E-state index is -3.43. The van der Waals surface area contributed by atoms with E-state index in [1.807, 2.05) is 26.0 Å². The molecule has 1 heterocycles. The second-order valence-electron chi connectivity index (χ2n) is 5.12. The molecule has 0 aromatic heterocycles. The van der Waals surface area contributed by atoms with Gasteiger partial charge in [0.1, 0.15) is 0 Å². The van der Waals surface area contributed by atoms with Gasteiger partial charge in [-0.3, -0.25) is 0 Å². The summed E-state index contributed by atoms with van der Waals surface area (Å²) in [4.78, 5) is 0.353. The van der Waals surface area contributed by atoms with Crippen LogP contribution in [0.5, 0.6) is 0 Å². The summed E-state index contributed by atoms with van der Waals surface area (Å²) < 4.78 is 26.7. The molecule has 0 amide bonds. The van der Waals surface area contributed by atoms with E-state index in [1.165, 1.54) is 0 Å². The Morgan fingerprint density at radius 3 is 2.50 bits per heavy atom. The van der Waals surface area contributed by atoms with Crippen LogP contribution in [-0.4, -0.2) is 30.7 Å². The molecule has 0 saturated carbocycles. The van der Waals surface area contributed by atoms with Gasteiger partial charge in [0.25, 0.3) is 0 Å². The molecule has 1 aliphatic rings. The molecule has 1 aromatic carbocycles. The maximum Gasteiger partial charge on any atom is 0.243 e. The molecule has 1 fully saturated rings. The summed E-state index contributed by atoms with van der Waals surface area (Å²) in [7, 11) is -3.43. The quantitative estimate of drug-likeness (QED) is 0.802. The number of hydrogen-bond donors (Lipinski definition) is 0. The minimum Gasteiger partial charge on any atom is -0.207 e. The Kier molecular flexibility index (Phi) is 3.72. The van der Waals surface area contributed by atoms with Crippen molar-refractivity contribution in [2.45, 2.75) is 37.1 Å². The van der Waals surface area contributed by atoms with Gasteiger partial charge in [-0.15, -0.1) is 11.6 Å². The Bertz CT molecular complexity index is 526. The van der Waals surface area contributed by atoms with Crippen molar-refractivity contribution in [2.75, 3.05) is 12.4 Å². The van der Waals surface area contributed by atoms with Gasteiger partial charge in [0.05, 0.1) is 4.90 Å². The van der Waals surface area contributed by atoms with E-state index < -0.39 is 15.6 Å². The normalized spacial score (nSPS) is 25.5. The lowest BCUT2D eigenvalue weighted by molar-refractivity contribution is 0.296. The predicted octanol–water partition coefficient (Wildman–Crippen LogP) is 2.78. The summed E-state index contributed by atoms with van der Waals surface area (Å²) in [5, 5.41) is 0. The Balaban J connectivity index is 2.40. The molecule has 3 nitrogen and oxygen atoms in total. The topological polar surface area (TPSA) is 37.4 Å². The highest BCUT2D eigenvalue weighted by atomic mass is 35.5. The van der Waals surface area contributed by atoms with E-state index in [1.54, 1.807) is 16.4 Å². The van der Waals surface area contributed by atoms with Gasteiger partial charge < -0.3 is 0 Å². The van der Waals surface area contributed by atoms with Gasteiger partial charge in [0, 0.05) is 18.0 Å². The molecular weight excluding hydrogens is 270 g/mol. The van der Waals surface area contributed by atoms with E-state index in [4.69, 9.17) is 11.6 Å². The first-order valence-corrected chi connectivity index (χ1v) is 8.03. The fraction of sp³-hybridized carbons (Fsp3) is 0.538. The molecule has 1 saturated heterocycles. The third-order valence-electron chi connectivity index (χ3n) is 3.58. The van der Waals surface area contributed by atoms with Crippen LogP contribution >= 0.6 is 11.6 Å². The van der Waals surface area contributed by atoms with Crippen LogP contribution in [0.2, 0.25) is 0 Å². The Hall–Kier alpha value is -0.580. The highest BCUT2D eigenvalue weighted by Gasteiger charge is 2.43. The van der Waals surface area contributed by atoms with Gasteiger partial charge in [-0.25, -0.2) is 8.42 Å². The molecule has 0 bridgehead atoms. The summed E-state index contributed by atoms with van der Waals surface area (Å²) in [6.07, 6.45) is 1.69. The molecule has 0 N–H and O–H groups in total. The molecule has 5 heteroatoms. The Labute approximate surface area is 114 Å². The molecule has 2 rings (SSSR count). The lowest BCUT2D eigenvalue weighted by Crippen LogP contribution is -2.46. The fourth-order valence-electron chi connectivity index (χ4n) is 2.38. The standard InChI is InChI=1S/C13H18ClNO2S/c1-11-4-6-12(7-5-11)18(16,17)15-9-3-8-13(15,2)10-14/h4-7H,3,8-10H2,1-2H3. The number of nitrogens with zero attached hydrogens (tertiary/aromatic N) is 1. The number of aryl methyl sites for hydroxylation is 1. The van der Waals surface area contributed by atoms with Crippen LogP contribution in [-0.2, 0) is 10.0 Å². The van der Waals surface area contributed by atoms with E-state index >= 15 is 0 Å². The third kappa shape index (κ3) is 2.29. The van der Waals surface area contributed by atoms with Crippen LogP contribution < -0.4 is 0 Å². The lowest BCUT2D eigenvalue weighted by atomic mass is 10.0. The van der Waals surface area contributed by atoms with Crippen molar-refractivity contribution >= 4 is 21.6 Å². The lowest BCUT2D eigenvalue weighted by Gasteiger charge is -2.32. The molecule has 0 radical (unpaired) electrons. The van der Waals surface area contributed by atoms with E-state index in [9.17, 15) is 8.42 Å². The van der Waals surface area contributed by atoms with Crippen molar-refractivity contribution in [3.8, 4) is 0 Å². The summed E-state index contributed by atoms with van der Waals surface area (Å²) in [5.74, 6) is 0.331. The number of sulfonamides is 1. The highest BCUT2D eigenvalue weighted by Crippen LogP contribution is 2.35. The van der Waals surface area contributed by atoms with Crippen LogP contribution in [0, 0.1) is 6.92 Å². The maximum absolute atomic E-state index is 12.6. The SMILES string of the molecule is Cc1ccc(S(=O)(=O)N2CCCC2(C)CCl)cc1. The van der Waals surface area contributed by atoms with Crippen LogP contribution in [0.4, 0.5) is 0 Å². The van der Waals surface area contributed by atoms with Gasteiger partial charge in [-0.05, 0) is 38.8 Å². The van der Waals surface area contributed by atoms with Crippen molar-refractivity contribution in [3.63, 3.8) is 0 Å². The number of alkyl halides is 1. The monoisotopic (exact) mass is 287 g/mol. The zero-order chi connectivity index (χ0) is 13.4. The average molecular weight is 288 g/mol. The first kappa shape index (κ1) is 13.8. The summed E-state index contributed by atoms with van der Waals surface area (Å²) in [6, 6.07) is 6.97. The largest absolute Gasteiger partial charge is 0.243 e. The molecular formula is C13H18ClNO2S. The zero-order valence-corrected chi connectivity index (χ0v) is 12.3. The van der Waals surface area contributed by atoms with Crippen molar-refractivity contribution < 1.29 is 8.42 Å². The second kappa shape index (κ2) is 4.83. The smallest absolute Gasteiger partial charge is 0.207 e. The third-order valence-corrected chi connectivity index (χ3v) is 6.22.